The molecule has 28 heavy (non-hydrogen) atoms. The maximum Gasteiger partial charge on any atom is 0.161 e. The van der Waals surface area contributed by atoms with E-state index in [0.717, 1.165) is 37.1 Å². The van der Waals surface area contributed by atoms with Crippen LogP contribution in [-0.4, -0.2) is 19.7 Å². The molecule has 0 aliphatic heterocycles. The van der Waals surface area contributed by atoms with Gasteiger partial charge in [-0.2, -0.15) is 10.2 Å². The van der Waals surface area contributed by atoms with Crippen molar-refractivity contribution in [3.05, 3.63) is 65.9 Å². The fourth-order valence-corrected chi connectivity index (χ4v) is 3.31. The number of fused-ring (bicyclic) bond motifs is 1. The molecule has 1 fully saturated rings. The molecule has 0 unspecified atom stereocenters. The van der Waals surface area contributed by atoms with Crippen LogP contribution in [0.4, 0.5) is 17.6 Å². The van der Waals surface area contributed by atoms with Gasteiger partial charge in [-0.15, -0.1) is 0 Å². The molecule has 1 aliphatic carbocycles. The van der Waals surface area contributed by atoms with Gasteiger partial charge >= 0.3 is 0 Å². The Balaban J connectivity index is 1.69. The van der Waals surface area contributed by atoms with Gasteiger partial charge in [0.1, 0.15) is 17.5 Å². The minimum Gasteiger partial charge on any atom is -0.321 e. The predicted molar refractivity (Wildman–Crippen MR) is 94.3 cm³/mol. The highest BCUT2D eigenvalue weighted by atomic mass is 19.2. The van der Waals surface area contributed by atoms with Crippen LogP contribution in [0.2, 0.25) is 0 Å². The van der Waals surface area contributed by atoms with Crippen molar-refractivity contribution in [3.63, 3.8) is 0 Å². The molecule has 8 heteroatoms. The Hall–Kier alpha value is -3.29. The number of imidazole rings is 1. The summed E-state index contributed by atoms with van der Waals surface area (Å²) < 4.78 is 56.6. The van der Waals surface area contributed by atoms with Crippen molar-refractivity contribution in [3.8, 4) is 22.6 Å². The molecule has 2 heterocycles. The molecule has 0 saturated heterocycles. The molecule has 4 aromatic rings. The zero-order valence-corrected chi connectivity index (χ0v) is 14.3. The van der Waals surface area contributed by atoms with Gasteiger partial charge in [-0.3, -0.25) is 0 Å². The second kappa shape index (κ2) is 6.12. The summed E-state index contributed by atoms with van der Waals surface area (Å²) in [5.41, 5.74) is 1.65. The minimum atomic E-state index is -0.971. The quantitative estimate of drug-likeness (QED) is 0.464. The van der Waals surface area contributed by atoms with Gasteiger partial charge < -0.3 is 4.57 Å². The van der Waals surface area contributed by atoms with E-state index in [-0.39, 0.29) is 17.3 Å². The van der Waals surface area contributed by atoms with Crippen molar-refractivity contribution in [1.29, 1.82) is 0 Å². The number of hydrogen-bond donors (Lipinski definition) is 0. The molecule has 0 bridgehead atoms. The minimum absolute atomic E-state index is 0.0990. The summed E-state index contributed by atoms with van der Waals surface area (Å²) >= 11 is 0. The number of aromatic nitrogens is 4. The third kappa shape index (κ3) is 2.72. The van der Waals surface area contributed by atoms with E-state index in [0.29, 0.717) is 22.4 Å². The summed E-state index contributed by atoms with van der Waals surface area (Å²) in [5.74, 6) is -2.89. The van der Waals surface area contributed by atoms with Crippen LogP contribution in [0.15, 0.2) is 42.6 Å². The van der Waals surface area contributed by atoms with Crippen molar-refractivity contribution in [1.82, 2.24) is 19.7 Å². The van der Waals surface area contributed by atoms with Crippen molar-refractivity contribution in [2.75, 3.05) is 0 Å². The SMILES string of the molecule is Fc1ccc(-c2cc(-c3nc4cc(F)c(F)cc4n3C3CC3)cnn2)c(F)c1. The van der Waals surface area contributed by atoms with E-state index in [2.05, 4.69) is 15.2 Å². The average molecular weight is 384 g/mol. The molecular formula is C20H12F4N4. The molecule has 1 aliphatic rings. The maximum absolute atomic E-state index is 14.1. The van der Waals surface area contributed by atoms with E-state index < -0.39 is 23.3 Å². The number of benzene rings is 2. The lowest BCUT2D eigenvalue weighted by molar-refractivity contribution is 0.510. The van der Waals surface area contributed by atoms with Gasteiger partial charge in [0.2, 0.25) is 0 Å². The second-order valence-electron chi connectivity index (χ2n) is 6.75. The first-order valence-corrected chi connectivity index (χ1v) is 8.67. The summed E-state index contributed by atoms with van der Waals surface area (Å²) in [6.45, 7) is 0. The predicted octanol–water partition coefficient (Wildman–Crippen LogP) is 5.05. The second-order valence-corrected chi connectivity index (χ2v) is 6.75. The van der Waals surface area contributed by atoms with Crippen LogP contribution in [0, 0.1) is 23.3 Å². The van der Waals surface area contributed by atoms with Crippen LogP contribution in [0.1, 0.15) is 18.9 Å². The van der Waals surface area contributed by atoms with Gasteiger partial charge in [-0.1, -0.05) is 0 Å². The molecule has 5 rings (SSSR count). The monoisotopic (exact) mass is 384 g/mol. The third-order valence-corrected chi connectivity index (χ3v) is 4.76. The standard InChI is InChI=1S/C20H12F4N4/c21-11-1-4-13(14(22)6-11)17-5-10(9-25-27-17)20-26-18-7-15(23)16(24)8-19(18)28(20)12-2-3-12/h1,4-9,12H,2-3H2. The number of nitrogens with zero attached hydrogens (tertiary/aromatic N) is 4. The Labute approximate surface area is 156 Å². The van der Waals surface area contributed by atoms with E-state index in [4.69, 9.17) is 0 Å². The molecular weight excluding hydrogens is 372 g/mol. The fourth-order valence-electron chi connectivity index (χ4n) is 3.31. The highest BCUT2D eigenvalue weighted by Gasteiger charge is 2.29. The van der Waals surface area contributed by atoms with Crippen LogP contribution in [0.25, 0.3) is 33.7 Å². The Morgan fingerprint density at radius 3 is 2.43 bits per heavy atom. The first-order chi connectivity index (χ1) is 13.5. The summed E-state index contributed by atoms with van der Waals surface area (Å²) in [6.07, 6.45) is 3.25. The molecule has 4 nitrogen and oxygen atoms in total. The van der Waals surface area contributed by atoms with Gasteiger partial charge in [-0.05, 0) is 31.0 Å². The van der Waals surface area contributed by atoms with Gasteiger partial charge in [0.15, 0.2) is 11.6 Å². The molecule has 140 valence electrons. The molecule has 1 saturated carbocycles. The Kier molecular flexibility index (Phi) is 3.68. The van der Waals surface area contributed by atoms with Crippen molar-refractivity contribution >= 4 is 11.0 Å². The lowest BCUT2D eigenvalue weighted by atomic mass is 10.1. The molecule has 0 amide bonds. The largest absolute Gasteiger partial charge is 0.321 e. The summed E-state index contributed by atoms with van der Waals surface area (Å²) in [4.78, 5) is 4.45. The first kappa shape index (κ1) is 16.9. The van der Waals surface area contributed by atoms with Gasteiger partial charge in [0.05, 0.1) is 22.9 Å². The first-order valence-electron chi connectivity index (χ1n) is 8.67. The topological polar surface area (TPSA) is 43.6 Å². The van der Waals surface area contributed by atoms with Crippen LogP contribution in [-0.2, 0) is 0 Å². The van der Waals surface area contributed by atoms with E-state index >= 15 is 0 Å². The van der Waals surface area contributed by atoms with E-state index in [1.165, 1.54) is 12.3 Å². The summed E-state index contributed by atoms with van der Waals surface area (Å²) in [7, 11) is 0. The molecule has 0 N–H and O–H groups in total. The maximum atomic E-state index is 14.1. The fraction of sp³-hybridized carbons (Fsp3) is 0.150. The highest BCUT2D eigenvalue weighted by Crippen LogP contribution is 2.41. The van der Waals surface area contributed by atoms with Gasteiger partial charge in [-0.25, -0.2) is 22.5 Å². The summed E-state index contributed by atoms with van der Waals surface area (Å²) in [5, 5.41) is 7.84. The number of rotatable bonds is 3. The summed E-state index contributed by atoms with van der Waals surface area (Å²) in [6, 6.07) is 7.09. The molecule has 0 spiro atoms. The molecule has 0 radical (unpaired) electrons. The Morgan fingerprint density at radius 1 is 0.893 bits per heavy atom. The smallest absolute Gasteiger partial charge is 0.161 e. The van der Waals surface area contributed by atoms with Crippen LogP contribution < -0.4 is 0 Å². The van der Waals surface area contributed by atoms with Crippen LogP contribution in [0.3, 0.4) is 0 Å². The molecule has 2 aromatic carbocycles. The van der Waals surface area contributed by atoms with E-state index in [9.17, 15) is 17.6 Å². The number of hydrogen-bond acceptors (Lipinski definition) is 3. The van der Waals surface area contributed by atoms with Gasteiger partial charge in [0, 0.05) is 35.4 Å². The Morgan fingerprint density at radius 2 is 1.68 bits per heavy atom. The Bertz CT molecular complexity index is 1230. The highest BCUT2D eigenvalue weighted by molar-refractivity contribution is 5.82. The molecule has 0 atom stereocenters. The van der Waals surface area contributed by atoms with E-state index in [1.807, 2.05) is 4.57 Å². The van der Waals surface area contributed by atoms with Crippen LogP contribution in [0.5, 0.6) is 0 Å². The van der Waals surface area contributed by atoms with Crippen molar-refractivity contribution in [2.24, 2.45) is 0 Å². The van der Waals surface area contributed by atoms with Crippen molar-refractivity contribution in [2.45, 2.75) is 18.9 Å². The normalized spacial score (nSPS) is 14.0. The zero-order chi connectivity index (χ0) is 19.4. The number of halogens is 4. The lowest BCUT2D eigenvalue weighted by Gasteiger charge is -2.09. The third-order valence-electron chi connectivity index (χ3n) is 4.76. The van der Waals surface area contributed by atoms with Crippen molar-refractivity contribution < 1.29 is 17.6 Å². The lowest BCUT2D eigenvalue weighted by Crippen LogP contribution is -2.00. The van der Waals surface area contributed by atoms with Gasteiger partial charge in [0.25, 0.3) is 0 Å². The average Bonchev–Trinajstić information content (AvgIpc) is 3.44. The molecule has 2 aromatic heterocycles. The van der Waals surface area contributed by atoms with Crippen LogP contribution >= 0.6 is 0 Å². The zero-order valence-electron chi connectivity index (χ0n) is 14.3. The van der Waals surface area contributed by atoms with E-state index in [1.54, 1.807) is 6.07 Å².